The number of terminal acetylenes is 1. The van der Waals surface area contributed by atoms with Crippen molar-refractivity contribution in [2.75, 3.05) is 19.6 Å². The maximum atomic E-state index is 12.9. The lowest BCUT2D eigenvalue weighted by atomic mass is 9.62. The second-order valence-electron chi connectivity index (χ2n) is 7.99. The number of carboxylic acids is 1. The molecule has 0 rings (SSSR count). The van der Waals surface area contributed by atoms with Crippen molar-refractivity contribution >= 4 is 23.7 Å². The summed E-state index contributed by atoms with van der Waals surface area (Å²) in [6.07, 6.45) is 6.07. The fourth-order valence-electron chi connectivity index (χ4n) is 2.98. The molecule has 0 aliphatic carbocycles. The first-order valence-electron chi connectivity index (χ1n) is 10.4. The summed E-state index contributed by atoms with van der Waals surface area (Å²) in [4.78, 5) is 47.4. The van der Waals surface area contributed by atoms with Crippen molar-refractivity contribution in [3.05, 3.63) is 0 Å². The van der Waals surface area contributed by atoms with Crippen LogP contribution in [-0.2, 0) is 19.2 Å². The molecule has 0 heterocycles. The minimum absolute atomic E-state index is 0.0325. The Morgan fingerprint density at radius 2 is 1.68 bits per heavy atom. The maximum absolute atomic E-state index is 12.9. The lowest BCUT2D eigenvalue weighted by Gasteiger charge is -2.40. The molecule has 0 aromatic heterocycles. The zero-order valence-electron chi connectivity index (χ0n) is 18.8. The van der Waals surface area contributed by atoms with Crippen LogP contribution in [0.15, 0.2) is 0 Å². The summed E-state index contributed by atoms with van der Waals surface area (Å²) in [5, 5.41) is 26.5. The highest BCUT2D eigenvalue weighted by Crippen LogP contribution is 2.45. The van der Waals surface area contributed by atoms with Crippen LogP contribution in [0.1, 0.15) is 59.8 Å². The van der Waals surface area contributed by atoms with Crippen molar-refractivity contribution in [3.63, 3.8) is 0 Å². The Kier molecular flexibility index (Phi) is 12.0. The first-order chi connectivity index (χ1) is 14.5. The summed E-state index contributed by atoms with van der Waals surface area (Å²) in [5.74, 6) is -0.122. The second kappa shape index (κ2) is 13.3. The van der Waals surface area contributed by atoms with Gasteiger partial charge in [-0.15, -0.1) is 6.42 Å². The monoisotopic (exact) mass is 434 g/mol. The zero-order valence-corrected chi connectivity index (χ0v) is 18.8. The van der Waals surface area contributed by atoms with Gasteiger partial charge in [0.1, 0.15) is 0 Å². The van der Waals surface area contributed by atoms with Gasteiger partial charge < -0.3 is 21.1 Å². The fourth-order valence-corrected chi connectivity index (χ4v) is 2.98. The van der Waals surface area contributed by atoms with Gasteiger partial charge >= 0.3 is 5.97 Å². The van der Waals surface area contributed by atoms with Crippen molar-refractivity contribution in [2.24, 2.45) is 16.7 Å². The third-order valence-corrected chi connectivity index (χ3v) is 5.87. The van der Waals surface area contributed by atoms with Crippen molar-refractivity contribution in [1.29, 1.82) is 5.26 Å². The van der Waals surface area contributed by atoms with Gasteiger partial charge in [0.15, 0.2) is 0 Å². The number of carbonyl (C=O) groups is 4. The van der Waals surface area contributed by atoms with Gasteiger partial charge in [0.25, 0.3) is 0 Å². The molecule has 0 aromatic carbocycles. The SMILES string of the molecule is C#CCNC(=O)CCC(C)(C#N)[C@@](C)(CC)C(=O)NCCC(=O)NCCC(C)C(=O)O. The Hall–Kier alpha value is -3.07. The van der Waals surface area contributed by atoms with E-state index in [2.05, 4.69) is 27.9 Å². The molecule has 0 saturated heterocycles. The topological polar surface area (TPSA) is 148 Å². The molecule has 3 atom stereocenters. The molecule has 0 aliphatic heterocycles. The van der Waals surface area contributed by atoms with E-state index in [1.165, 1.54) is 0 Å². The van der Waals surface area contributed by atoms with E-state index in [9.17, 15) is 24.4 Å². The van der Waals surface area contributed by atoms with Crippen molar-refractivity contribution in [2.45, 2.75) is 59.8 Å². The Morgan fingerprint density at radius 1 is 1.06 bits per heavy atom. The highest BCUT2D eigenvalue weighted by atomic mass is 16.4. The average Bonchev–Trinajstić information content (AvgIpc) is 2.74. The van der Waals surface area contributed by atoms with Gasteiger partial charge in [-0.3, -0.25) is 19.2 Å². The molecule has 9 nitrogen and oxygen atoms in total. The Bertz CT molecular complexity index is 739. The highest BCUT2D eigenvalue weighted by molar-refractivity contribution is 5.85. The number of nitrogens with one attached hydrogen (secondary N) is 3. The van der Waals surface area contributed by atoms with Gasteiger partial charge in [-0.1, -0.05) is 19.8 Å². The van der Waals surface area contributed by atoms with Crippen LogP contribution >= 0.6 is 0 Å². The molecule has 172 valence electrons. The number of nitrogens with zero attached hydrogens (tertiary/aromatic N) is 1. The largest absolute Gasteiger partial charge is 0.481 e. The predicted octanol–water partition coefficient (Wildman–Crippen LogP) is 1.20. The van der Waals surface area contributed by atoms with E-state index in [1.54, 1.807) is 27.7 Å². The number of aliphatic carboxylic acids is 1. The third-order valence-electron chi connectivity index (χ3n) is 5.87. The summed E-state index contributed by atoms with van der Waals surface area (Å²) in [6.45, 7) is 7.11. The lowest BCUT2D eigenvalue weighted by Crippen LogP contribution is -2.49. The molecule has 3 amide bonds. The average molecular weight is 435 g/mol. The molecular weight excluding hydrogens is 400 g/mol. The van der Waals surface area contributed by atoms with Crippen LogP contribution in [0.4, 0.5) is 0 Å². The van der Waals surface area contributed by atoms with E-state index in [0.29, 0.717) is 12.8 Å². The quantitative estimate of drug-likeness (QED) is 0.302. The molecular formula is C22H34N4O5. The molecule has 0 fully saturated rings. The number of hydrogen-bond donors (Lipinski definition) is 4. The van der Waals surface area contributed by atoms with Crippen molar-refractivity contribution in [3.8, 4) is 18.4 Å². The van der Waals surface area contributed by atoms with Gasteiger partial charge in [0.05, 0.1) is 29.4 Å². The van der Waals surface area contributed by atoms with E-state index in [4.69, 9.17) is 11.5 Å². The summed E-state index contributed by atoms with van der Waals surface area (Å²) in [7, 11) is 0. The smallest absolute Gasteiger partial charge is 0.306 e. The van der Waals surface area contributed by atoms with E-state index >= 15 is 0 Å². The van der Waals surface area contributed by atoms with Gasteiger partial charge in [-0.25, -0.2) is 0 Å². The van der Waals surface area contributed by atoms with Crippen LogP contribution in [0.25, 0.3) is 0 Å². The van der Waals surface area contributed by atoms with Crippen LogP contribution in [-0.4, -0.2) is 48.4 Å². The van der Waals surface area contributed by atoms with E-state index in [-0.39, 0.29) is 56.6 Å². The number of hydrogen-bond acceptors (Lipinski definition) is 5. The van der Waals surface area contributed by atoms with Gasteiger partial charge in [-0.2, -0.15) is 5.26 Å². The van der Waals surface area contributed by atoms with Crippen molar-refractivity contribution < 1.29 is 24.3 Å². The van der Waals surface area contributed by atoms with Gasteiger partial charge in [0, 0.05) is 25.9 Å². The second-order valence-corrected chi connectivity index (χ2v) is 7.99. The summed E-state index contributed by atoms with van der Waals surface area (Å²) in [6, 6.07) is 2.20. The molecule has 0 radical (unpaired) electrons. The zero-order chi connectivity index (χ0) is 24.1. The number of carbonyl (C=O) groups excluding carboxylic acids is 3. The summed E-state index contributed by atoms with van der Waals surface area (Å²) in [5.41, 5.74) is -2.17. The van der Waals surface area contributed by atoms with Gasteiger partial charge in [0.2, 0.25) is 17.7 Å². The van der Waals surface area contributed by atoms with Gasteiger partial charge in [-0.05, 0) is 33.1 Å². The normalized spacial score (nSPS) is 15.2. The van der Waals surface area contributed by atoms with Crippen LogP contribution < -0.4 is 16.0 Å². The van der Waals surface area contributed by atoms with E-state index in [1.807, 2.05) is 0 Å². The number of carboxylic acid groups (broad SMARTS) is 1. The first-order valence-corrected chi connectivity index (χ1v) is 10.4. The standard InChI is InChI=1S/C22H34N4O5/c1-6-12-24-17(27)8-11-21(4,15-23)22(5,7-2)20(31)26-14-10-18(28)25-13-9-16(3)19(29)30/h1,16H,7-14H2,2-5H3,(H,24,27)(H,25,28)(H,26,31)(H,29,30)/t16?,21?,22-/m0/s1. The molecule has 0 saturated carbocycles. The highest BCUT2D eigenvalue weighted by Gasteiger charge is 2.49. The molecule has 0 aromatic rings. The maximum Gasteiger partial charge on any atom is 0.306 e. The van der Waals surface area contributed by atoms with Crippen LogP contribution in [0.5, 0.6) is 0 Å². The summed E-state index contributed by atoms with van der Waals surface area (Å²) < 4.78 is 0. The molecule has 0 bridgehead atoms. The fraction of sp³-hybridized carbons (Fsp3) is 0.682. The third kappa shape index (κ3) is 8.67. The minimum atomic E-state index is -1.10. The minimum Gasteiger partial charge on any atom is -0.481 e. The molecule has 9 heteroatoms. The summed E-state index contributed by atoms with van der Waals surface area (Å²) >= 11 is 0. The first kappa shape index (κ1) is 27.9. The predicted molar refractivity (Wildman–Crippen MR) is 115 cm³/mol. The molecule has 0 spiro atoms. The Labute approximate surface area is 184 Å². The van der Waals surface area contributed by atoms with Crippen LogP contribution in [0.3, 0.4) is 0 Å². The lowest BCUT2D eigenvalue weighted by molar-refractivity contribution is -0.141. The number of nitriles is 1. The van der Waals surface area contributed by atoms with E-state index < -0.39 is 22.7 Å². The Morgan fingerprint density at radius 3 is 2.19 bits per heavy atom. The molecule has 4 N–H and O–H groups in total. The molecule has 31 heavy (non-hydrogen) atoms. The van der Waals surface area contributed by atoms with Crippen molar-refractivity contribution in [1.82, 2.24) is 16.0 Å². The molecule has 0 aliphatic rings. The Balaban J connectivity index is 4.78. The number of rotatable bonds is 14. The molecule has 2 unspecified atom stereocenters. The van der Waals surface area contributed by atoms with Crippen LogP contribution in [0.2, 0.25) is 0 Å². The van der Waals surface area contributed by atoms with E-state index in [0.717, 1.165) is 0 Å². The number of amides is 3. The van der Waals surface area contributed by atoms with Crippen LogP contribution in [0, 0.1) is 40.4 Å².